The topological polar surface area (TPSA) is 87.4 Å². The number of nitrogens with two attached hydrogens (primary N) is 1. The molecule has 0 saturated heterocycles. The van der Waals surface area contributed by atoms with Crippen LogP contribution in [0.1, 0.15) is 5.69 Å². The molecule has 0 aliphatic heterocycles. The summed E-state index contributed by atoms with van der Waals surface area (Å²) in [6.45, 7) is 0.540. The number of hydrogen-bond donors (Lipinski definition) is 1. The van der Waals surface area contributed by atoms with Gasteiger partial charge >= 0.3 is 0 Å². The van der Waals surface area contributed by atoms with Crippen LogP contribution in [0.15, 0.2) is 12.4 Å². The highest BCUT2D eigenvalue weighted by molar-refractivity contribution is 5.20. The van der Waals surface area contributed by atoms with E-state index in [0.29, 0.717) is 12.4 Å². The first-order chi connectivity index (χ1) is 6.24. The average molecular weight is 179 g/mol. The van der Waals surface area contributed by atoms with Crippen molar-refractivity contribution in [2.24, 2.45) is 7.05 Å². The SMILES string of the molecule is Cn1cc(Cn2cc(N)nn2)nn1. The summed E-state index contributed by atoms with van der Waals surface area (Å²) >= 11 is 0. The number of nitrogen functional groups attached to an aromatic ring is 1. The Labute approximate surface area is 74.1 Å². The maximum atomic E-state index is 5.40. The summed E-state index contributed by atoms with van der Waals surface area (Å²) < 4.78 is 3.25. The molecule has 7 nitrogen and oxygen atoms in total. The third-order valence-electron chi connectivity index (χ3n) is 1.53. The van der Waals surface area contributed by atoms with Crippen LogP contribution in [0.25, 0.3) is 0 Å². The molecule has 2 aromatic rings. The average Bonchev–Trinajstić information content (AvgIpc) is 2.62. The van der Waals surface area contributed by atoms with Crippen molar-refractivity contribution in [2.45, 2.75) is 6.54 Å². The van der Waals surface area contributed by atoms with Gasteiger partial charge in [0.15, 0.2) is 5.82 Å². The van der Waals surface area contributed by atoms with Gasteiger partial charge in [-0.2, -0.15) is 0 Å². The molecule has 0 atom stereocenters. The summed E-state index contributed by atoms with van der Waals surface area (Å²) in [4.78, 5) is 0. The number of anilines is 1. The maximum Gasteiger partial charge on any atom is 0.165 e. The van der Waals surface area contributed by atoms with E-state index in [9.17, 15) is 0 Å². The zero-order chi connectivity index (χ0) is 9.26. The summed E-state index contributed by atoms with van der Waals surface area (Å²) in [5, 5.41) is 15.1. The predicted octanol–water partition coefficient (Wildman–Crippen LogP) is -0.963. The molecule has 7 heteroatoms. The molecule has 0 unspecified atom stereocenters. The molecule has 68 valence electrons. The third-order valence-corrected chi connectivity index (χ3v) is 1.53. The zero-order valence-corrected chi connectivity index (χ0v) is 7.12. The van der Waals surface area contributed by atoms with E-state index in [-0.39, 0.29) is 0 Å². The molecule has 2 heterocycles. The van der Waals surface area contributed by atoms with Gasteiger partial charge in [-0.1, -0.05) is 10.4 Å². The highest BCUT2D eigenvalue weighted by Gasteiger charge is 2.01. The van der Waals surface area contributed by atoms with Gasteiger partial charge in [0.2, 0.25) is 0 Å². The molecule has 0 aliphatic rings. The predicted molar refractivity (Wildman–Crippen MR) is 44.5 cm³/mol. The van der Waals surface area contributed by atoms with E-state index in [4.69, 9.17) is 5.73 Å². The van der Waals surface area contributed by atoms with Crippen molar-refractivity contribution in [2.75, 3.05) is 5.73 Å². The zero-order valence-electron chi connectivity index (χ0n) is 7.12. The molecule has 2 N–H and O–H groups in total. The molecular weight excluding hydrogens is 170 g/mol. The largest absolute Gasteiger partial charge is 0.381 e. The van der Waals surface area contributed by atoms with E-state index >= 15 is 0 Å². The number of rotatable bonds is 2. The van der Waals surface area contributed by atoms with Crippen LogP contribution in [0, 0.1) is 0 Å². The van der Waals surface area contributed by atoms with Crippen molar-refractivity contribution in [1.29, 1.82) is 0 Å². The van der Waals surface area contributed by atoms with Crippen molar-refractivity contribution in [3.63, 3.8) is 0 Å². The van der Waals surface area contributed by atoms with Gasteiger partial charge in [-0.05, 0) is 0 Å². The monoisotopic (exact) mass is 179 g/mol. The minimum atomic E-state index is 0.406. The fraction of sp³-hybridized carbons (Fsp3) is 0.333. The van der Waals surface area contributed by atoms with Gasteiger partial charge in [0, 0.05) is 13.2 Å². The van der Waals surface area contributed by atoms with Crippen LogP contribution in [-0.4, -0.2) is 30.0 Å². The number of aromatic nitrogens is 6. The lowest BCUT2D eigenvalue weighted by Gasteiger charge is -1.92. The normalized spacial score (nSPS) is 10.5. The van der Waals surface area contributed by atoms with Crippen LogP contribution >= 0.6 is 0 Å². The van der Waals surface area contributed by atoms with Gasteiger partial charge in [-0.3, -0.25) is 4.68 Å². The van der Waals surface area contributed by atoms with Crippen LogP contribution < -0.4 is 5.73 Å². The minimum Gasteiger partial charge on any atom is -0.381 e. The van der Waals surface area contributed by atoms with E-state index < -0.39 is 0 Å². The third kappa shape index (κ3) is 1.63. The van der Waals surface area contributed by atoms with Crippen LogP contribution in [0.2, 0.25) is 0 Å². The van der Waals surface area contributed by atoms with Crippen molar-refractivity contribution in [3.8, 4) is 0 Å². The quantitative estimate of drug-likeness (QED) is 0.641. The fourth-order valence-corrected chi connectivity index (χ4v) is 1.02. The second-order valence-corrected chi connectivity index (χ2v) is 2.72. The maximum absolute atomic E-state index is 5.40. The Bertz CT molecular complexity index is 362. The van der Waals surface area contributed by atoms with E-state index in [1.807, 2.05) is 13.2 Å². The van der Waals surface area contributed by atoms with Gasteiger partial charge in [0.25, 0.3) is 0 Å². The standard InChI is InChI=1S/C6H9N7/c1-12-2-5(8-10-12)3-13-4-6(7)9-11-13/h2,4H,3,7H2,1H3. The summed E-state index contributed by atoms with van der Waals surface area (Å²) in [5.74, 6) is 0.406. The van der Waals surface area contributed by atoms with Crippen molar-refractivity contribution < 1.29 is 0 Å². The Kier molecular flexibility index (Phi) is 1.69. The van der Waals surface area contributed by atoms with Gasteiger partial charge in [0.1, 0.15) is 5.69 Å². The van der Waals surface area contributed by atoms with Gasteiger partial charge in [0.05, 0.1) is 12.7 Å². The number of aryl methyl sites for hydroxylation is 1. The minimum absolute atomic E-state index is 0.406. The molecular formula is C6H9N7. The molecule has 0 amide bonds. The van der Waals surface area contributed by atoms with Crippen LogP contribution in [0.5, 0.6) is 0 Å². The highest BCUT2D eigenvalue weighted by atomic mass is 15.5. The molecule has 0 aromatic carbocycles. The molecule has 0 aliphatic carbocycles. The Morgan fingerprint density at radius 1 is 1.31 bits per heavy atom. The van der Waals surface area contributed by atoms with Crippen molar-refractivity contribution in [3.05, 3.63) is 18.1 Å². The second kappa shape index (κ2) is 2.85. The molecule has 2 aromatic heterocycles. The lowest BCUT2D eigenvalue weighted by atomic mass is 10.5. The first-order valence-corrected chi connectivity index (χ1v) is 3.75. The van der Waals surface area contributed by atoms with Gasteiger partial charge < -0.3 is 5.73 Å². The van der Waals surface area contributed by atoms with E-state index in [2.05, 4.69) is 20.6 Å². The van der Waals surface area contributed by atoms with Crippen molar-refractivity contribution in [1.82, 2.24) is 30.0 Å². The van der Waals surface area contributed by atoms with Crippen LogP contribution in [0.3, 0.4) is 0 Å². The Hall–Kier alpha value is -1.92. The summed E-state index contributed by atoms with van der Waals surface area (Å²) in [5.41, 5.74) is 6.23. The molecule has 0 fully saturated rings. The molecule has 0 radical (unpaired) electrons. The van der Waals surface area contributed by atoms with E-state index in [0.717, 1.165) is 5.69 Å². The lowest BCUT2D eigenvalue weighted by Crippen LogP contribution is -2.00. The van der Waals surface area contributed by atoms with Gasteiger partial charge in [-0.25, -0.2) is 4.68 Å². The smallest absolute Gasteiger partial charge is 0.165 e. The fourth-order valence-electron chi connectivity index (χ4n) is 1.02. The first kappa shape index (κ1) is 7.71. The molecule has 0 spiro atoms. The number of nitrogens with zero attached hydrogens (tertiary/aromatic N) is 6. The molecule has 0 saturated carbocycles. The Morgan fingerprint density at radius 3 is 2.69 bits per heavy atom. The lowest BCUT2D eigenvalue weighted by molar-refractivity contribution is 0.636. The summed E-state index contributed by atoms with van der Waals surface area (Å²) in [6.07, 6.45) is 3.46. The van der Waals surface area contributed by atoms with E-state index in [1.54, 1.807) is 15.6 Å². The van der Waals surface area contributed by atoms with Gasteiger partial charge in [-0.15, -0.1) is 10.2 Å². The van der Waals surface area contributed by atoms with Crippen LogP contribution in [0.4, 0.5) is 5.82 Å². The first-order valence-electron chi connectivity index (χ1n) is 3.75. The summed E-state index contributed by atoms with van der Waals surface area (Å²) in [7, 11) is 1.81. The highest BCUT2D eigenvalue weighted by Crippen LogP contribution is 1.97. The molecule has 2 rings (SSSR count). The Morgan fingerprint density at radius 2 is 2.15 bits per heavy atom. The van der Waals surface area contributed by atoms with Crippen molar-refractivity contribution >= 4 is 5.82 Å². The number of hydrogen-bond acceptors (Lipinski definition) is 5. The summed E-state index contributed by atoms with van der Waals surface area (Å²) in [6, 6.07) is 0. The molecule has 13 heavy (non-hydrogen) atoms. The van der Waals surface area contributed by atoms with Crippen LogP contribution in [-0.2, 0) is 13.6 Å². The molecule has 0 bridgehead atoms. The Balaban J connectivity index is 2.14. The van der Waals surface area contributed by atoms with E-state index in [1.165, 1.54) is 0 Å². The second-order valence-electron chi connectivity index (χ2n) is 2.72.